The molecule has 0 saturated carbocycles. The lowest BCUT2D eigenvalue weighted by atomic mass is 10.1. The van der Waals surface area contributed by atoms with Crippen LogP contribution in [0.3, 0.4) is 0 Å². The van der Waals surface area contributed by atoms with Gasteiger partial charge in [-0.15, -0.1) is 0 Å². The van der Waals surface area contributed by atoms with Crippen LogP contribution in [0, 0.1) is 5.82 Å². The maximum atomic E-state index is 12.8. The van der Waals surface area contributed by atoms with E-state index in [9.17, 15) is 22.4 Å². The average molecular weight is 220 g/mol. The maximum Gasteiger partial charge on any atom is 0.419 e. The number of benzene rings is 1. The van der Waals surface area contributed by atoms with E-state index in [1.807, 2.05) is 0 Å². The van der Waals surface area contributed by atoms with Crippen molar-refractivity contribution in [1.29, 1.82) is 0 Å². The molecular formula is C10H8F4O. The summed E-state index contributed by atoms with van der Waals surface area (Å²) >= 11 is 0. The molecule has 1 aromatic rings. The van der Waals surface area contributed by atoms with Gasteiger partial charge in [-0.1, -0.05) is 6.07 Å². The van der Waals surface area contributed by atoms with Crippen LogP contribution in [0.5, 0.6) is 0 Å². The molecular weight excluding hydrogens is 212 g/mol. The average Bonchev–Trinajstić information content (AvgIpc) is 2.15. The van der Waals surface area contributed by atoms with Crippen LogP contribution >= 0.6 is 0 Å². The second-order valence-corrected chi connectivity index (χ2v) is 3.02. The van der Waals surface area contributed by atoms with Crippen molar-refractivity contribution in [2.75, 3.05) is 0 Å². The molecule has 0 aliphatic carbocycles. The Morgan fingerprint density at radius 2 is 1.93 bits per heavy atom. The van der Waals surface area contributed by atoms with Gasteiger partial charge in [0.05, 0.1) is 5.56 Å². The number of aryl methyl sites for hydroxylation is 1. The Morgan fingerprint density at radius 3 is 2.47 bits per heavy atom. The van der Waals surface area contributed by atoms with Crippen LogP contribution in [-0.2, 0) is 17.4 Å². The minimum absolute atomic E-state index is 0.128. The summed E-state index contributed by atoms with van der Waals surface area (Å²) in [6.07, 6.45) is -3.77. The molecule has 0 unspecified atom stereocenters. The molecule has 0 aromatic heterocycles. The van der Waals surface area contributed by atoms with Gasteiger partial charge in [0, 0.05) is 6.42 Å². The van der Waals surface area contributed by atoms with Crippen molar-refractivity contribution >= 4 is 6.29 Å². The van der Waals surface area contributed by atoms with Gasteiger partial charge in [0.25, 0.3) is 0 Å². The number of aldehydes is 1. The van der Waals surface area contributed by atoms with Gasteiger partial charge in [-0.2, -0.15) is 13.2 Å². The van der Waals surface area contributed by atoms with Crippen molar-refractivity contribution in [3.8, 4) is 0 Å². The topological polar surface area (TPSA) is 17.1 Å². The molecule has 0 radical (unpaired) electrons. The summed E-state index contributed by atoms with van der Waals surface area (Å²) in [6, 6.07) is 2.75. The van der Waals surface area contributed by atoms with Gasteiger partial charge in [0.15, 0.2) is 0 Å². The molecule has 0 atom stereocenters. The van der Waals surface area contributed by atoms with Crippen LogP contribution in [0.25, 0.3) is 0 Å². The van der Waals surface area contributed by atoms with Crippen LogP contribution in [0.15, 0.2) is 18.2 Å². The molecule has 5 heteroatoms. The fraction of sp³-hybridized carbons (Fsp3) is 0.300. The fourth-order valence-corrected chi connectivity index (χ4v) is 1.17. The van der Waals surface area contributed by atoms with E-state index >= 15 is 0 Å². The second kappa shape index (κ2) is 4.42. The lowest BCUT2D eigenvalue weighted by Gasteiger charge is -2.09. The zero-order chi connectivity index (χ0) is 11.5. The lowest BCUT2D eigenvalue weighted by molar-refractivity contribution is -0.140. The Morgan fingerprint density at radius 1 is 1.27 bits per heavy atom. The molecule has 0 fully saturated rings. The first kappa shape index (κ1) is 11.7. The lowest BCUT2D eigenvalue weighted by Crippen LogP contribution is -2.08. The van der Waals surface area contributed by atoms with Gasteiger partial charge in [-0.3, -0.25) is 0 Å². The van der Waals surface area contributed by atoms with E-state index in [4.69, 9.17) is 0 Å². The number of carbonyl (C=O) groups is 1. The molecule has 1 rings (SSSR count). The molecule has 0 N–H and O–H groups in total. The smallest absolute Gasteiger partial charge is 0.303 e. The highest BCUT2D eigenvalue weighted by atomic mass is 19.4. The van der Waals surface area contributed by atoms with Crippen molar-refractivity contribution in [2.24, 2.45) is 0 Å². The second-order valence-electron chi connectivity index (χ2n) is 3.02. The van der Waals surface area contributed by atoms with E-state index in [0.717, 1.165) is 12.1 Å². The van der Waals surface area contributed by atoms with E-state index < -0.39 is 17.6 Å². The molecule has 0 saturated heterocycles. The quantitative estimate of drug-likeness (QED) is 0.565. The molecule has 0 aliphatic heterocycles. The summed E-state index contributed by atoms with van der Waals surface area (Å²) in [5, 5.41) is 0. The van der Waals surface area contributed by atoms with Crippen molar-refractivity contribution in [1.82, 2.24) is 0 Å². The molecule has 0 heterocycles. The minimum atomic E-state index is -4.69. The number of hydrogen-bond donors (Lipinski definition) is 0. The highest BCUT2D eigenvalue weighted by Crippen LogP contribution is 2.31. The van der Waals surface area contributed by atoms with E-state index in [-0.39, 0.29) is 12.8 Å². The molecule has 0 bridgehead atoms. The monoisotopic (exact) mass is 220 g/mol. The normalized spacial score (nSPS) is 11.5. The van der Waals surface area contributed by atoms with Gasteiger partial charge in [0.1, 0.15) is 12.1 Å². The van der Waals surface area contributed by atoms with Crippen molar-refractivity contribution in [2.45, 2.75) is 19.0 Å². The largest absolute Gasteiger partial charge is 0.419 e. The highest BCUT2D eigenvalue weighted by Gasteiger charge is 2.34. The van der Waals surface area contributed by atoms with Gasteiger partial charge in [-0.25, -0.2) is 4.39 Å². The van der Waals surface area contributed by atoms with Crippen LogP contribution in [0.1, 0.15) is 17.5 Å². The van der Waals surface area contributed by atoms with Crippen LogP contribution in [-0.4, -0.2) is 6.29 Å². The number of carbonyl (C=O) groups excluding carboxylic acids is 1. The van der Waals surface area contributed by atoms with Crippen molar-refractivity contribution in [3.63, 3.8) is 0 Å². The van der Waals surface area contributed by atoms with Crippen LogP contribution in [0.4, 0.5) is 17.6 Å². The van der Waals surface area contributed by atoms with E-state index in [1.54, 1.807) is 0 Å². The zero-order valence-corrected chi connectivity index (χ0v) is 7.64. The third kappa shape index (κ3) is 3.04. The summed E-state index contributed by atoms with van der Waals surface area (Å²) in [6.45, 7) is 0. The summed E-state index contributed by atoms with van der Waals surface area (Å²) in [5.41, 5.74) is -0.985. The molecule has 0 aliphatic rings. The van der Waals surface area contributed by atoms with Crippen LogP contribution < -0.4 is 0 Å². The van der Waals surface area contributed by atoms with Gasteiger partial charge in [-0.05, 0) is 24.1 Å². The predicted octanol–water partition coefficient (Wildman–Crippen LogP) is 2.98. The van der Waals surface area contributed by atoms with Crippen molar-refractivity contribution in [3.05, 3.63) is 35.1 Å². The minimum Gasteiger partial charge on any atom is -0.303 e. The van der Waals surface area contributed by atoms with E-state index in [1.165, 1.54) is 6.07 Å². The highest BCUT2D eigenvalue weighted by molar-refractivity contribution is 5.50. The number of rotatable bonds is 3. The molecule has 0 spiro atoms. The molecule has 0 amide bonds. The Labute approximate surface area is 83.7 Å². The standard InChI is InChI=1S/C10H8F4O/c11-9-4-3-7(2-1-5-15)6-8(9)10(12,13)14/h3-6H,1-2H2. The number of hydrogen-bond acceptors (Lipinski definition) is 1. The molecule has 15 heavy (non-hydrogen) atoms. The third-order valence-corrected chi connectivity index (χ3v) is 1.89. The maximum absolute atomic E-state index is 12.8. The molecule has 1 nitrogen and oxygen atoms in total. The summed E-state index contributed by atoms with van der Waals surface area (Å²) in [4.78, 5) is 10.0. The van der Waals surface area contributed by atoms with E-state index in [0.29, 0.717) is 11.8 Å². The Kier molecular flexibility index (Phi) is 3.44. The molecule has 82 valence electrons. The van der Waals surface area contributed by atoms with E-state index in [2.05, 4.69) is 0 Å². The first-order valence-corrected chi connectivity index (χ1v) is 4.24. The zero-order valence-electron chi connectivity index (χ0n) is 7.64. The van der Waals surface area contributed by atoms with Gasteiger partial charge < -0.3 is 4.79 Å². The third-order valence-electron chi connectivity index (χ3n) is 1.89. The summed E-state index contributed by atoms with van der Waals surface area (Å²) < 4.78 is 49.5. The van der Waals surface area contributed by atoms with Gasteiger partial charge in [0.2, 0.25) is 0 Å². The Balaban J connectivity index is 3.00. The molecule has 1 aromatic carbocycles. The number of halogens is 4. The Hall–Kier alpha value is -1.39. The fourth-order valence-electron chi connectivity index (χ4n) is 1.17. The first-order valence-electron chi connectivity index (χ1n) is 4.24. The first-order chi connectivity index (χ1) is 6.95. The van der Waals surface area contributed by atoms with Gasteiger partial charge >= 0.3 is 6.18 Å². The van der Waals surface area contributed by atoms with Crippen molar-refractivity contribution < 1.29 is 22.4 Å². The summed E-state index contributed by atoms with van der Waals surface area (Å²) in [7, 11) is 0. The van der Waals surface area contributed by atoms with Crippen LogP contribution in [0.2, 0.25) is 0 Å². The summed E-state index contributed by atoms with van der Waals surface area (Å²) in [5.74, 6) is -1.29. The SMILES string of the molecule is O=CCCc1ccc(F)c(C(F)(F)F)c1. The Bertz CT molecular complexity index is 357. The predicted molar refractivity (Wildman–Crippen MR) is 45.8 cm³/mol. The number of alkyl halides is 3.